The Morgan fingerprint density at radius 3 is 2.68 bits per heavy atom. The number of nitrogens with one attached hydrogen (secondary N) is 1. The van der Waals surface area contributed by atoms with Crippen LogP contribution in [0.4, 0.5) is 0 Å². The molecular formula is C18H28N4O3. The average Bonchev–Trinajstić information content (AvgIpc) is 3.14. The van der Waals surface area contributed by atoms with Crippen LogP contribution in [0.5, 0.6) is 0 Å². The van der Waals surface area contributed by atoms with Gasteiger partial charge in [0.05, 0.1) is 17.7 Å². The molecule has 2 amide bonds. The number of aromatic nitrogens is 2. The van der Waals surface area contributed by atoms with E-state index in [1.165, 1.54) is 0 Å². The van der Waals surface area contributed by atoms with E-state index in [2.05, 4.69) is 10.4 Å². The van der Waals surface area contributed by atoms with Crippen LogP contribution in [0.25, 0.3) is 0 Å². The summed E-state index contributed by atoms with van der Waals surface area (Å²) in [6.45, 7) is 5.27. The molecule has 7 heteroatoms. The second-order valence-electron chi connectivity index (χ2n) is 7.53. The lowest BCUT2D eigenvalue weighted by Gasteiger charge is -2.39. The standard InChI is InChI=1S/C18H28N4O3/c1-13(2)19-17(24)15-4-6-18(25-15)7-10-22(11-8-18)16(23)12-14-5-9-21(3)20-14/h5,9,13,15H,4,6-8,10-12H2,1-3H3,(H,19,24)/t15-/m0/s1. The number of carbonyl (C=O) groups excluding carboxylic acids is 2. The zero-order valence-corrected chi connectivity index (χ0v) is 15.3. The summed E-state index contributed by atoms with van der Waals surface area (Å²) in [5.74, 6) is 0.0983. The third-order valence-electron chi connectivity index (χ3n) is 5.11. The molecule has 0 aliphatic carbocycles. The van der Waals surface area contributed by atoms with Crippen LogP contribution in [0.15, 0.2) is 12.3 Å². The van der Waals surface area contributed by atoms with Gasteiger partial charge >= 0.3 is 0 Å². The Hall–Kier alpha value is -1.89. The second-order valence-corrected chi connectivity index (χ2v) is 7.53. The molecule has 1 aromatic heterocycles. The molecule has 0 aromatic carbocycles. The summed E-state index contributed by atoms with van der Waals surface area (Å²) in [7, 11) is 1.85. The molecule has 1 aromatic rings. The quantitative estimate of drug-likeness (QED) is 0.882. The fourth-order valence-electron chi connectivity index (χ4n) is 3.73. The minimum atomic E-state index is -0.349. The smallest absolute Gasteiger partial charge is 0.249 e. The van der Waals surface area contributed by atoms with E-state index in [0.29, 0.717) is 19.5 Å². The van der Waals surface area contributed by atoms with Crippen molar-refractivity contribution in [1.29, 1.82) is 0 Å². The van der Waals surface area contributed by atoms with Gasteiger partial charge in [0.1, 0.15) is 6.10 Å². The van der Waals surface area contributed by atoms with Crippen LogP contribution in [0.3, 0.4) is 0 Å². The van der Waals surface area contributed by atoms with Gasteiger partial charge in [0.25, 0.3) is 0 Å². The van der Waals surface area contributed by atoms with Crippen molar-refractivity contribution in [2.24, 2.45) is 7.05 Å². The van der Waals surface area contributed by atoms with Crippen LogP contribution in [-0.2, 0) is 27.8 Å². The lowest BCUT2D eigenvalue weighted by atomic mass is 9.88. The van der Waals surface area contributed by atoms with E-state index in [1.807, 2.05) is 38.1 Å². The molecule has 2 fully saturated rings. The number of aryl methyl sites for hydroxylation is 1. The molecule has 3 rings (SSSR count). The Labute approximate surface area is 148 Å². The highest BCUT2D eigenvalue weighted by atomic mass is 16.5. The van der Waals surface area contributed by atoms with E-state index < -0.39 is 0 Å². The molecule has 138 valence electrons. The van der Waals surface area contributed by atoms with Crippen LogP contribution < -0.4 is 5.32 Å². The van der Waals surface area contributed by atoms with Gasteiger partial charge in [-0.1, -0.05) is 0 Å². The van der Waals surface area contributed by atoms with E-state index >= 15 is 0 Å². The fourth-order valence-corrected chi connectivity index (χ4v) is 3.73. The lowest BCUT2D eigenvalue weighted by Crippen LogP contribution is -2.48. The number of ether oxygens (including phenoxy) is 1. The largest absolute Gasteiger partial charge is 0.362 e. The van der Waals surface area contributed by atoms with E-state index in [1.54, 1.807) is 4.68 Å². The average molecular weight is 348 g/mol. The molecule has 3 heterocycles. The summed E-state index contributed by atoms with van der Waals surface area (Å²) in [6.07, 6.45) is 5.10. The van der Waals surface area contributed by atoms with Crippen molar-refractivity contribution >= 4 is 11.8 Å². The van der Waals surface area contributed by atoms with Crippen LogP contribution >= 0.6 is 0 Å². The van der Waals surface area contributed by atoms with Gasteiger partial charge in [-0.2, -0.15) is 5.10 Å². The van der Waals surface area contributed by atoms with Gasteiger partial charge in [0.2, 0.25) is 11.8 Å². The molecule has 0 radical (unpaired) electrons. The molecule has 0 bridgehead atoms. The summed E-state index contributed by atoms with van der Waals surface area (Å²) in [5, 5.41) is 7.19. The van der Waals surface area contributed by atoms with Crippen LogP contribution in [-0.4, -0.2) is 57.3 Å². The van der Waals surface area contributed by atoms with Crippen molar-refractivity contribution in [3.05, 3.63) is 18.0 Å². The van der Waals surface area contributed by atoms with Gasteiger partial charge < -0.3 is 15.0 Å². The minimum absolute atomic E-state index is 0.0134. The number of carbonyl (C=O) groups is 2. The topological polar surface area (TPSA) is 76.5 Å². The van der Waals surface area contributed by atoms with Crippen molar-refractivity contribution in [1.82, 2.24) is 20.0 Å². The van der Waals surface area contributed by atoms with E-state index in [4.69, 9.17) is 4.74 Å². The van der Waals surface area contributed by atoms with E-state index in [-0.39, 0.29) is 29.6 Å². The van der Waals surface area contributed by atoms with E-state index in [0.717, 1.165) is 31.4 Å². The maximum atomic E-state index is 12.4. The van der Waals surface area contributed by atoms with Gasteiger partial charge in [0, 0.05) is 32.4 Å². The van der Waals surface area contributed by atoms with Crippen molar-refractivity contribution in [2.45, 2.75) is 63.7 Å². The number of hydrogen-bond acceptors (Lipinski definition) is 4. The predicted molar refractivity (Wildman–Crippen MR) is 92.8 cm³/mol. The first-order valence-electron chi connectivity index (χ1n) is 9.11. The Bertz CT molecular complexity index is 632. The van der Waals surface area contributed by atoms with Crippen molar-refractivity contribution in [3.8, 4) is 0 Å². The molecule has 0 unspecified atom stereocenters. The molecular weight excluding hydrogens is 320 g/mol. The monoisotopic (exact) mass is 348 g/mol. The Balaban J connectivity index is 1.50. The Morgan fingerprint density at radius 1 is 1.36 bits per heavy atom. The van der Waals surface area contributed by atoms with Gasteiger partial charge in [-0.25, -0.2) is 0 Å². The number of hydrogen-bond donors (Lipinski definition) is 1. The lowest BCUT2D eigenvalue weighted by molar-refractivity contribution is -0.146. The molecule has 2 aliphatic heterocycles. The summed E-state index contributed by atoms with van der Waals surface area (Å²) in [4.78, 5) is 26.5. The highest BCUT2D eigenvalue weighted by molar-refractivity contribution is 5.81. The second kappa shape index (κ2) is 7.15. The molecule has 1 spiro atoms. The molecule has 7 nitrogen and oxygen atoms in total. The van der Waals surface area contributed by atoms with Gasteiger partial charge in [-0.3, -0.25) is 14.3 Å². The summed E-state index contributed by atoms with van der Waals surface area (Å²) in [5.41, 5.74) is 0.566. The highest BCUT2D eigenvalue weighted by Crippen LogP contribution is 2.39. The van der Waals surface area contributed by atoms with Crippen LogP contribution in [0, 0.1) is 0 Å². The summed E-state index contributed by atoms with van der Waals surface area (Å²) in [6, 6.07) is 2.00. The molecule has 0 saturated carbocycles. The molecule has 1 N–H and O–H groups in total. The van der Waals surface area contributed by atoms with Crippen LogP contribution in [0.2, 0.25) is 0 Å². The first-order chi connectivity index (χ1) is 11.9. The molecule has 25 heavy (non-hydrogen) atoms. The summed E-state index contributed by atoms with van der Waals surface area (Å²) >= 11 is 0. The predicted octanol–water partition coefficient (Wildman–Crippen LogP) is 1.03. The summed E-state index contributed by atoms with van der Waals surface area (Å²) < 4.78 is 7.85. The van der Waals surface area contributed by atoms with Gasteiger partial charge in [0.15, 0.2) is 0 Å². The molecule has 1 atom stereocenters. The zero-order chi connectivity index (χ0) is 18.0. The van der Waals surface area contributed by atoms with Crippen molar-refractivity contribution < 1.29 is 14.3 Å². The minimum Gasteiger partial charge on any atom is -0.362 e. The maximum absolute atomic E-state index is 12.4. The van der Waals surface area contributed by atoms with Gasteiger partial charge in [-0.05, 0) is 45.6 Å². The zero-order valence-electron chi connectivity index (χ0n) is 15.3. The van der Waals surface area contributed by atoms with Crippen molar-refractivity contribution in [2.75, 3.05) is 13.1 Å². The Morgan fingerprint density at radius 2 is 2.08 bits per heavy atom. The fraction of sp³-hybridized carbons (Fsp3) is 0.722. The van der Waals surface area contributed by atoms with Crippen molar-refractivity contribution in [3.63, 3.8) is 0 Å². The number of piperidine rings is 1. The number of likely N-dealkylation sites (tertiary alicyclic amines) is 1. The normalized spacial score (nSPS) is 22.6. The van der Waals surface area contributed by atoms with Gasteiger partial charge in [-0.15, -0.1) is 0 Å². The third-order valence-corrected chi connectivity index (χ3v) is 5.11. The first kappa shape index (κ1) is 17.9. The number of nitrogens with zero attached hydrogens (tertiary/aromatic N) is 3. The third kappa shape index (κ3) is 4.21. The SMILES string of the molecule is CC(C)NC(=O)[C@@H]1CCC2(CCN(C(=O)Cc3ccn(C)n3)CC2)O1. The van der Waals surface area contributed by atoms with Crippen LogP contribution in [0.1, 0.15) is 45.2 Å². The Kier molecular flexibility index (Phi) is 5.13. The first-order valence-corrected chi connectivity index (χ1v) is 9.11. The number of rotatable bonds is 4. The number of amides is 2. The van der Waals surface area contributed by atoms with E-state index in [9.17, 15) is 9.59 Å². The highest BCUT2D eigenvalue weighted by Gasteiger charge is 2.45. The molecule has 2 aliphatic rings. The maximum Gasteiger partial charge on any atom is 0.249 e. The molecule has 2 saturated heterocycles.